The lowest BCUT2D eigenvalue weighted by atomic mass is 9.92. The lowest BCUT2D eigenvalue weighted by Crippen LogP contribution is -2.52. The summed E-state index contributed by atoms with van der Waals surface area (Å²) in [5.74, 6) is 1.95. The molecule has 0 N–H and O–H groups in total. The number of carbonyl (C=O) groups excluding carboxylic acids is 1. The molecule has 28 heavy (non-hydrogen) atoms. The summed E-state index contributed by atoms with van der Waals surface area (Å²) in [5, 5.41) is 0. The standard InChI is InChI=1S/C23H43N3O2/c1-4-24(18-19(2)3)13-7-20-8-14-25(15-9-20)23(27)22-6-5-12-26(22)21-10-16-28-17-11-21/h19-22H,4-18H2,1-3H3/t22-/m1/s1. The van der Waals surface area contributed by atoms with Crippen molar-refractivity contribution in [1.82, 2.24) is 14.7 Å². The van der Waals surface area contributed by atoms with E-state index in [0.29, 0.717) is 11.9 Å². The molecule has 3 saturated heterocycles. The third kappa shape index (κ3) is 5.93. The Morgan fingerprint density at radius 1 is 1.07 bits per heavy atom. The van der Waals surface area contributed by atoms with Crippen LogP contribution in [0, 0.1) is 11.8 Å². The van der Waals surface area contributed by atoms with Crippen molar-refractivity contribution in [2.75, 3.05) is 52.5 Å². The maximum absolute atomic E-state index is 13.2. The second-order valence-corrected chi connectivity index (χ2v) is 9.58. The molecule has 3 rings (SSSR count). The highest BCUT2D eigenvalue weighted by molar-refractivity contribution is 5.82. The van der Waals surface area contributed by atoms with E-state index in [-0.39, 0.29) is 6.04 Å². The summed E-state index contributed by atoms with van der Waals surface area (Å²) in [6, 6.07) is 0.699. The number of nitrogens with zero attached hydrogens (tertiary/aromatic N) is 3. The minimum absolute atomic E-state index is 0.140. The first-order chi connectivity index (χ1) is 13.6. The first kappa shape index (κ1) is 22.0. The molecular weight excluding hydrogens is 350 g/mol. The van der Waals surface area contributed by atoms with Gasteiger partial charge in [-0.25, -0.2) is 0 Å². The second kappa shape index (κ2) is 10.9. The van der Waals surface area contributed by atoms with Crippen molar-refractivity contribution >= 4 is 5.91 Å². The molecule has 162 valence electrons. The zero-order valence-corrected chi connectivity index (χ0v) is 18.6. The highest BCUT2D eigenvalue weighted by Gasteiger charge is 2.38. The maximum atomic E-state index is 13.2. The van der Waals surface area contributed by atoms with Crippen molar-refractivity contribution in [3.05, 3.63) is 0 Å². The van der Waals surface area contributed by atoms with Crippen LogP contribution in [0.3, 0.4) is 0 Å². The van der Waals surface area contributed by atoms with Crippen LogP contribution < -0.4 is 0 Å². The van der Waals surface area contributed by atoms with Gasteiger partial charge in [-0.15, -0.1) is 0 Å². The fraction of sp³-hybridized carbons (Fsp3) is 0.957. The zero-order valence-electron chi connectivity index (χ0n) is 18.6. The Morgan fingerprint density at radius 3 is 2.43 bits per heavy atom. The Kier molecular flexibility index (Phi) is 8.61. The molecule has 5 nitrogen and oxygen atoms in total. The molecule has 0 radical (unpaired) electrons. The van der Waals surface area contributed by atoms with Gasteiger partial charge in [-0.1, -0.05) is 20.8 Å². The molecular formula is C23H43N3O2. The summed E-state index contributed by atoms with van der Waals surface area (Å²) >= 11 is 0. The van der Waals surface area contributed by atoms with Crippen molar-refractivity contribution in [2.45, 2.75) is 77.8 Å². The predicted octanol–water partition coefficient (Wildman–Crippen LogP) is 3.24. The number of ether oxygens (including phenoxy) is 1. The third-order valence-corrected chi connectivity index (χ3v) is 7.09. The maximum Gasteiger partial charge on any atom is 0.239 e. The Labute approximate surface area is 172 Å². The first-order valence-electron chi connectivity index (χ1n) is 11.9. The van der Waals surface area contributed by atoms with Gasteiger partial charge in [0, 0.05) is 38.9 Å². The lowest BCUT2D eigenvalue weighted by molar-refractivity contribution is -0.139. The highest BCUT2D eigenvalue weighted by Crippen LogP contribution is 2.28. The Morgan fingerprint density at radius 2 is 1.79 bits per heavy atom. The Balaban J connectivity index is 1.43. The number of amides is 1. The molecule has 0 spiro atoms. The molecule has 3 heterocycles. The van der Waals surface area contributed by atoms with Gasteiger partial charge in [0.05, 0.1) is 6.04 Å². The predicted molar refractivity (Wildman–Crippen MR) is 114 cm³/mol. The van der Waals surface area contributed by atoms with Crippen LogP contribution in [0.1, 0.15) is 65.7 Å². The molecule has 5 heteroatoms. The summed E-state index contributed by atoms with van der Waals surface area (Å²) in [5.41, 5.74) is 0. The number of hydrogen-bond acceptors (Lipinski definition) is 4. The minimum Gasteiger partial charge on any atom is -0.381 e. The van der Waals surface area contributed by atoms with Gasteiger partial charge < -0.3 is 14.5 Å². The van der Waals surface area contributed by atoms with E-state index in [4.69, 9.17) is 4.74 Å². The van der Waals surface area contributed by atoms with E-state index in [9.17, 15) is 4.79 Å². The van der Waals surface area contributed by atoms with Crippen molar-refractivity contribution in [2.24, 2.45) is 11.8 Å². The van der Waals surface area contributed by atoms with Gasteiger partial charge in [-0.3, -0.25) is 9.69 Å². The Hall–Kier alpha value is -0.650. The van der Waals surface area contributed by atoms with E-state index >= 15 is 0 Å². The molecule has 1 atom stereocenters. The average molecular weight is 394 g/mol. The largest absolute Gasteiger partial charge is 0.381 e. The normalized spacial score (nSPS) is 25.9. The number of piperidine rings is 1. The van der Waals surface area contributed by atoms with Crippen LogP contribution >= 0.6 is 0 Å². The number of likely N-dealkylation sites (tertiary alicyclic amines) is 2. The van der Waals surface area contributed by atoms with Crippen molar-refractivity contribution in [3.63, 3.8) is 0 Å². The molecule has 3 aliphatic heterocycles. The van der Waals surface area contributed by atoms with Gasteiger partial charge in [0.15, 0.2) is 0 Å². The first-order valence-corrected chi connectivity index (χ1v) is 11.9. The van der Waals surface area contributed by atoms with E-state index < -0.39 is 0 Å². The van der Waals surface area contributed by atoms with Crippen LogP contribution in [0.25, 0.3) is 0 Å². The number of hydrogen-bond donors (Lipinski definition) is 0. The third-order valence-electron chi connectivity index (χ3n) is 7.09. The summed E-state index contributed by atoms with van der Waals surface area (Å²) in [6.45, 7) is 15.2. The quantitative estimate of drug-likeness (QED) is 0.634. The van der Waals surface area contributed by atoms with Crippen molar-refractivity contribution in [3.8, 4) is 0 Å². The molecule has 3 fully saturated rings. The topological polar surface area (TPSA) is 36.0 Å². The van der Waals surface area contributed by atoms with Crippen LogP contribution in [0.2, 0.25) is 0 Å². The molecule has 0 unspecified atom stereocenters. The minimum atomic E-state index is 0.140. The zero-order chi connectivity index (χ0) is 19.9. The summed E-state index contributed by atoms with van der Waals surface area (Å²) < 4.78 is 5.53. The lowest BCUT2D eigenvalue weighted by Gasteiger charge is -2.39. The van der Waals surface area contributed by atoms with Gasteiger partial charge in [0.25, 0.3) is 0 Å². The summed E-state index contributed by atoms with van der Waals surface area (Å²) in [7, 11) is 0. The number of carbonyl (C=O) groups is 1. The molecule has 0 bridgehead atoms. The molecule has 3 aliphatic rings. The average Bonchev–Trinajstić information content (AvgIpc) is 3.21. The van der Waals surface area contributed by atoms with Gasteiger partial charge in [0.2, 0.25) is 5.91 Å². The van der Waals surface area contributed by atoms with Gasteiger partial charge in [0.1, 0.15) is 0 Å². The van der Waals surface area contributed by atoms with Crippen LogP contribution in [0.5, 0.6) is 0 Å². The smallest absolute Gasteiger partial charge is 0.239 e. The van der Waals surface area contributed by atoms with Gasteiger partial charge in [-0.2, -0.15) is 0 Å². The SMILES string of the molecule is CCN(CCC1CCN(C(=O)[C@H]2CCCN2C2CCOCC2)CC1)CC(C)C. The van der Waals surface area contributed by atoms with Crippen LogP contribution in [-0.4, -0.2) is 85.2 Å². The molecule has 0 aromatic rings. The summed E-state index contributed by atoms with van der Waals surface area (Å²) in [6.07, 6.45) is 8.08. The van der Waals surface area contributed by atoms with Crippen LogP contribution in [0.15, 0.2) is 0 Å². The van der Waals surface area contributed by atoms with E-state index in [1.165, 1.54) is 38.8 Å². The van der Waals surface area contributed by atoms with Gasteiger partial charge >= 0.3 is 0 Å². The van der Waals surface area contributed by atoms with Gasteiger partial charge in [-0.05, 0) is 76.4 Å². The van der Waals surface area contributed by atoms with Crippen LogP contribution in [0.4, 0.5) is 0 Å². The van der Waals surface area contributed by atoms with Crippen LogP contribution in [-0.2, 0) is 9.53 Å². The molecule has 0 saturated carbocycles. The van der Waals surface area contributed by atoms with E-state index in [1.807, 2.05) is 0 Å². The molecule has 0 aromatic heterocycles. The molecule has 0 aromatic carbocycles. The highest BCUT2D eigenvalue weighted by atomic mass is 16.5. The summed E-state index contributed by atoms with van der Waals surface area (Å²) in [4.78, 5) is 20.5. The molecule has 1 amide bonds. The van der Waals surface area contributed by atoms with E-state index in [0.717, 1.165) is 70.5 Å². The fourth-order valence-corrected chi connectivity index (χ4v) is 5.42. The van der Waals surface area contributed by atoms with Crippen molar-refractivity contribution in [1.29, 1.82) is 0 Å². The van der Waals surface area contributed by atoms with E-state index in [1.54, 1.807) is 0 Å². The number of rotatable bonds is 8. The van der Waals surface area contributed by atoms with Crippen molar-refractivity contribution < 1.29 is 9.53 Å². The second-order valence-electron chi connectivity index (χ2n) is 9.58. The Bertz CT molecular complexity index is 470. The van der Waals surface area contributed by atoms with E-state index in [2.05, 4.69) is 35.5 Å². The molecule has 0 aliphatic carbocycles. The monoisotopic (exact) mass is 393 g/mol. The fourth-order valence-electron chi connectivity index (χ4n) is 5.42.